The Morgan fingerprint density at radius 3 is 2.63 bits per heavy atom. The number of carbonyl (C=O) groups is 2. The summed E-state index contributed by atoms with van der Waals surface area (Å²) in [6.45, 7) is 0.0831. The van der Waals surface area contributed by atoms with Crippen molar-refractivity contribution in [1.29, 1.82) is 0 Å². The van der Waals surface area contributed by atoms with E-state index in [1.807, 2.05) is 0 Å². The molecule has 0 unspecified atom stereocenters. The van der Waals surface area contributed by atoms with Crippen LogP contribution in [0.15, 0.2) is 30.3 Å². The van der Waals surface area contributed by atoms with Crippen molar-refractivity contribution >= 4 is 28.6 Å². The van der Waals surface area contributed by atoms with Gasteiger partial charge in [0.1, 0.15) is 24.5 Å². The first-order valence-corrected chi connectivity index (χ1v) is 8.66. The zero-order chi connectivity index (χ0) is 19.9. The van der Waals surface area contributed by atoms with Crippen molar-refractivity contribution in [3.63, 3.8) is 0 Å². The van der Waals surface area contributed by atoms with Gasteiger partial charge in [0.25, 0.3) is 0 Å². The van der Waals surface area contributed by atoms with Gasteiger partial charge in [-0.05, 0) is 5.56 Å². The van der Waals surface area contributed by atoms with Crippen LogP contribution >= 0.6 is 11.3 Å². The van der Waals surface area contributed by atoms with Crippen LogP contribution in [0.1, 0.15) is 21.1 Å². The maximum absolute atomic E-state index is 13.0. The van der Waals surface area contributed by atoms with E-state index in [0.717, 1.165) is 0 Å². The second kappa shape index (κ2) is 9.47. The molecule has 0 spiro atoms. The van der Waals surface area contributed by atoms with Gasteiger partial charge < -0.3 is 19.2 Å². The van der Waals surface area contributed by atoms with E-state index in [-0.39, 0.29) is 31.4 Å². The third-order valence-corrected chi connectivity index (χ3v) is 4.58. The Bertz CT molecular complexity index is 765. The number of likely N-dealkylation sites (N-methyl/N-ethyl adjacent to an activating group) is 1. The van der Waals surface area contributed by atoms with Gasteiger partial charge in [-0.3, -0.25) is 0 Å². The minimum Gasteiger partial charge on any atom is -0.456 e. The van der Waals surface area contributed by atoms with E-state index in [0.29, 0.717) is 23.2 Å². The number of halogens is 3. The second-order valence-electron chi connectivity index (χ2n) is 5.40. The van der Waals surface area contributed by atoms with Crippen molar-refractivity contribution in [1.82, 2.24) is 4.98 Å². The highest BCUT2D eigenvalue weighted by atomic mass is 32.1. The Balaban J connectivity index is 2.15. The summed E-state index contributed by atoms with van der Waals surface area (Å²) in [5, 5.41) is -1.11. The molecule has 146 valence electrons. The van der Waals surface area contributed by atoms with Crippen LogP contribution < -0.4 is 4.90 Å². The van der Waals surface area contributed by atoms with Gasteiger partial charge >= 0.3 is 12.1 Å². The van der Waals surface area contributed by atoms with Gasteiger partial charge in [-0.2, -0.15) is 13.2 Å². The first kappa shape index (κ1) is 20.8. The lowest BCUT2D eigenvalue weighted by Crippen LogP contribution is -2.24. The molecule has 27 heavy (non-hydrogen) atoms. The van der Waals surface area contributed by atoms with Gasteiger partial charge in [-0.1, -0.05) is 41.7 Å². The molecule has 1 aromatic heterocycles. The SMILES string of the molecule is CN(CCOCC=O)c1sc(C(F)(F)F)nc1C(=O)OCc1ccccc1. The molecule has 0 fully saturated rings. The summed E-state index contributed by atoms with van der Waals surface area (Å²) in [4.78, 5) is 27.4. The van der Waals surface area contributed by atoms with E-state index >= 15 is 0 Å². The third kappa shape index (κ3) is 6.04. The van der Waals surface area contributed by atoms with E-state index in [9.17, 15) is 22.8 Å². The zero-order valence-electron chi connectivity index (χ0n) is 14.4. The van der Waals surface area contributed by atoms with Crippen molar-refractivity contribution in [3.05, 3.63) is 46.6 Å². The number of ether oxygens (including phenoxy) is 2. The first-order valence-electron chi connectivity index (χ1n) is 7.84. The van der Waals surface area contributed by atoms with E-state index in [1.54, 1.807) is 30.3 Å². The normalized spacial score (nSPS) is 11.3. The smallest absolute Gasteiger partial charge is 0.443 e. The van der Waals surface area contributed by atoms with Gasteiger partial charge in [-0.25, -0.2) is 9.78 Å². The Morgan fingerprint density at radius 2 is 2.00 bits per heavy atom. The Hall–Kier alpha value is -2.46. The number of rotatable bonds is 9. The summed E-state index contributed by atoms with van der Waals surface area (Å²) in [5.74, 6) is -0.943. The monoisotopic (exact) mass is 402 g/mol. The quantitative estimate of drug-likeness (QED) is 0.365. The maximum atomic E-state index is 13.0. The van der Waals surface area contributed by atoms with Gasteiger partial charge in [0.2, 0.25) is 5.01 Å². The Morgan fingerprint density at radius 1 is 1.30 bits per heavy atom. The number of anilines is 1. The molecule has 0 aliphatic rings. The molecule has 0 saturated heterocycles. The molecule has 2 rings (SSSR count). The molecule has 0 radical (unpaired) electrons. The lowest BCUT2D eigenvalue weighted by atomic mass is 10.2. The van der Waals surface area contributed by atoms with Crippen molar-refractivity contribution < 1.29 is 32.2 Å². The standard InChI is InChI=1S/C17H17F3N2O4S/c1-22(7-9-25-10-8-23)14-13(21-16(27-14)17(18,19)20)15(24)26-11-12-5-3-2-4-6-12/h2-6,8H,7,9-11H2,1H3. The van der Waals surface area contributed by atoms with Crippen molar-refractivity contribution in [3.8, 4) is 0 Å². The van der Waals surface area contributed by atoms with Crippen LogP contribution in [-0.2, 0) is 27.1 Å². The molecule has 0 amide bonds. The van der Waals surface area contributed by atoms with Crippen LogP contribution in [0.3, 0.4) is 0 Å². The lowest BCUT2D eigenvalue weighted by molar-refractivity contribution is -0.137. The van der Waals surface area contributed by atoms with Crippen molar-refractivity contribution in [2.24, 2.45) is 0 Å². The predicted molar refractivity (Wildman–Crippen MR) is 92.8 cm³/mol. The second-order valence-corrected chi connectivity index (χ2v) is 6.37. The number of alkyl halides is 3. The average Bonchev–Trinajstić information content (AvgIpc) is 3.10. The van der Waals surface area contributed by atoms with Gasteiger partial charge in [0.15, 0.2) is 5.69 Å². The van der Waals surface area contributed by atoms with E-state index in [4.69, 9.17) is 9.47 Å². The Labute approximate surface area is 157 Å². The maximum Gasteiger partial charge on any atom is 0.443 e. The molecule has 0 N–H and O–H groups in total. The highest BCUT2D eigenvalue weighted by molar-refractivity contribution is 7.16. The lowest BCUT2D eigenvalue weighted by Gasteiger charge is -2.17. The zero-order valence-corrected chi connectivity index (χ0v) is 15.2. The summed E-state index contributed by atoms with van der Waals surface area (Å²) < 4.78 is 49.2. The summed E-state index contributed by atoms with van der Waals surface area (Å²) >= 11 is 0.352. The van der Waals surface area contributed by atoms with Gasteiger partial charge in [0.05, 0.1) is 6.61 Å². The van der Waals surface area contributed by atoms with E-state index < -0.39 is 22.8 Å². The van der Waals surface area contributed by atoms with E-state index in [2.05, 4.69) is 4.98 Å². The molecule has 1 aromatic carbocycles. The number of hydrogen-bond acceptors (Lipinski definition) is 7. The van der Waals surface area contributed by atoms with Crippen LogP contribution in [0.4, 0.5) is 18.2 Å². The highest BCUT2D eigenvalue weighted by Gasteiger charge is 2.38. The summed E-state index contributed by atoms with van der Waals surface area (Å²) in [7, 11) is 1.51. The number of nitrogens with zero attached hydrogens (tertiary/aromatic N) is 2. The van der Waals surface area contributed by atoms with E-state index in [1.165, 1.54) is 11.9 Å². The van der Waals surface area contributed by atoms with Crippen molar-refractivity contribution in [2.75, 3.05) is 31.7 Å². The fraction of sp³-hybridized carbons (Fsp3) is 0.353. The average molecular weight is 402 g/mol. The number of hydrogen-bond donors (Lipinski definition) is 0. The molecule has 2 aromatic rings. The summed E-state index contributed by atoms with van der Waals surface area (Å²) in [6.07, 6.45) is -4.10. The number of aldehydes is 1. The van der Waals surface area contributed by atoms with Gasteiger partial charge in [0, 0.05) is 13.6 Å². The number of aromatic nitrogens is 1. The summed E-state index contributed by atoms with van der Waals surface area (Å²) in [6, 6.07) is 8.76. The number of thiazole rings is 1. The molecule has 0 saturated carbocycles. The van der Waals surface area contributed by atoms with Crippen LogP contribution in [0.5, 0.6) is 0 Å². The van der Waals surface area contributed by atoms with Crippen molar-refractivity contribution in [2.45, 2.75) is 12.8 Å². The van der Waals surface area contributed by atoms with Gasteiger partial charge in [-0.15, -0.1) is 0 Å². The van der Waals surface area contributed by atoms with Crippen LogP contribution in [-0.4, -0.2) is 44.0 Å². The molecule has 0 aliphatic carbocycles. The molecule has 10 heteroatoms. The first-order chi connectivity index (χ1) is 12.8. The number of esters is 1. The molecular weight excluding hydrogens is 385 g/mol. The number of carbonyl (C=O) groups excluding carboxylic acids is 2. The Kier molecular flexibility index (Phi) is 7.31. The minimum atomic E-state index is -4.67. The fourth-order valence-corrected chi connectivity index (χ4v) is 2.96. The molecule has 0 bridgehead atoms. The van der Waals surface area contributed by atoms with Crippen LogP contribution in [0.2, 0.25) is 0 Å². The largest absolute Gasteiger partial charge is 0.456 e. The van der Waals surface area contributed by atoms with Crippen LogP contribution in [0, 0.1) is 0 Å². The minimum absolute atomic E-state index is 0.0232. The summed E-state index contributed by atoms with van der Waals surface area (Å²) in [5.41, 5.74) is 0.301. The predicted octanol–water partition coefficient (Wildman–Crippen LogP) is 3.17. The highest BCUT2D eigenvalue weighted by Crippen LogP contribution is 2.38. The number of benzene rings is 1. The third-order valence-electron chi connectivity index (χ3n) is 3.36. The topological polar surface area (TPSA) is 68.7 Å². The molecule has 0 aliphatic heterocycles. The molecular formula is C17H17F3N2O4S. The van der Waals surface area contributed by atoms with Crippen LogP contribution in [0.25, 0.3) is 0 Å². The molecule has 6 nitrogen and oxygen atoms in total. The fourth-order valence-electron chi connectivity index (χ4n) is 2.05. The molecule has 0 atom stereocenters. The molecule has 1 heterocycles.